The van der Waals surface area contributed by atoms with Gasteiger partial charge in [0.2, 0.25) is 0 Å². The Morgan fingerprint density at radius 1 is 1.08 bits per heavy atom. The minimum atomic E-state index is -0.152. The van der Waals surface area contributed by atoms with E-state index in [1.54, 1.807) is 30.5 Å². The van der Waals surface area contributed by atoms with Crippen molar-refractivity contribution in [3.8, 4) is 28.1 Å². The predicted molar refractivity (Wildman–Crippen MR) is 109 cm³/mol. The third kappa shape index (κ3) is 2.87. The number of nitrogens with zero attached hydrogens (tertiary/aromatic N) is 2. The number of pyridine rings is 1. The SMILES string of the molecule is Cc1[nH]cc2c(=O)n(-c3ccc(Cl)cc3)nc-2c1-c1ccc(I)cc1. The molecule has 0 saturated carbocycles. The van der Waals surface area contributed by atoms with Crippen LogP contribution in [0, 0.1) is 10.5 Å². The third-order valence-corrected chi connectivity index (χ3v) is 5.10. The zero-order valence-corrected chi connectivity index (χ0v) is 16.2. The van der Waals surface area contributed by atoms with Crippen molar-refractivity contribution in [2.75, 3.05) is 0 Å². The van der Waals surface area contributed by atoms with Crippen LogP contribution in [0.15, 0.2) is 59.5 Å². The lowest BCUT2D eigenvalue weighted by Gasteiger charge is -2.10. The van der Waals surface area contributed by atoms with Gasteiger partial charge in [-0.2, -0.15) is 9.78 Å². The molecule has 0 radical (unpaired) electrons. The lowest BCUT2D eigenvalue weighted by atomic mass is 9.99. The fraction of sp³-hybridized carbons (Fsp3) is 0.0526. The Kier molecular flexibility index (Phi) is 4.13. The van der Waals surface area contributed by atoms with E-state index in [1.807, 2.05) is 31.2 Å². The van der Waals surface area contributed by atoms with E-state index in [4.69, 9.17) is 11.6 Å². The highest BCUT2D eigenvalue weighted by Gasteiger charge is 2.22. The lowest BCUT2D eigenvalue weighted by molar-refractivity contribution is 0.858. The minimum absolute atomic E-state index is 0.152. The van der Waals surface area contributed by atoms with Crippen molar-refractivity contribution in [1.82, 2.24) is 14.8 Å². The summed E-state index contributed by atoms with van der Waals surface area (Å²) in [5, 5.41) is 5.23. The standard InChI is InChI=1S/C19H13ClIN3O/c1-11-17(12-2-6-14(21)7-3-12)18-16(10-22-11)19(25)24(23-18)15-8-4-13(20)5-9-15/h2-10,22H,1H3. The van der Waals surface area contributed by atoms with Crippen LogP contribution in [-0.2, 0) is 0 Å². The summed E-state index contributed by atoms with van der Waals surface area (Å²) in [6.07, 6.45) is 1.72. The molecule has 0 saturated heterocycles. The number of hydrogen-bond donors (Lipinski definition) is 1. The second kappa shape index (κ2) is 6.31. The van der Waals surface area contributed by atoms with Gasteiger partial charge in [0.1, 0.15) is 5.69 Å². The minimum Gasteiger partial charge on any atom is -0.364 e. The van der Waals surface area contributed by atoms with Crippen molar-refractivity contribution in [2.24, 2.45) is 0 Å². The van der Waals surface area contributed by atoms with E-state index in [9.17, 15) is 4.79 Å². The van der Waals surface area contributed by atoms with Crippen LogP contribution in [0.2, 0.25) is 5.02 Å². The molecule has 4 rings (SSSR count). The molecule has 2 aromatic rings. The second-order valence-corrected chi connectivity index (χ2v) is 7.43. The molecule has 0 aromatic heterocycles. The lowest BCUT2D eigenvalue weighted by Crippen LogP contribution is -2.14. The Morgan fingerprint density at radius 2 is 1.76 bits per heavy atom. The number of benzene rings is 2. The molecule has 2 heterocycles. The van der Waals surface area contributed by atoms with E-state index in [0.29, 0.717) is 22.0 Å². The fourth-order valence-electron chi connectivity index (χ4n) is 2.89. The van der Waals surface area contributed by atoms with Crippen molar-refractivity contribution in [3.05, 3.63) is 79.4 Å². The van der Waals surface area contributed by atoms with Gasteiger partial charge in [0.15, 0.2) is 0 Å². The normalized spacial score (nSPS) is 11.2. The van der Waals surface area contributed by atoms with Crippen LogP contribution in [0.5, 0.6) is 0 Å². The molecule has 0 bridgehead atoms. The fourth-order valence-corrected chi connectivity index (χ4v) is 3.37. The average Bonchev–Trinajstić information content (AvgIpc) is 2.93. The van der Waals surface area contributed by atoms with Gasteiger partial charge in [-0.05, 0) is 71.5 Å². The number of hydrogen-bond acceptors (Lipinski definition) is 2. The Labute approximate surface area is 163 Å². The maximum Gasteiger partial charge on any atom is 0.282 e. The molecule has 0 amide bonds. The van der Waals surface area contributed by atoms with Gasteiger partial charge in [-0.1, -0.05) is 23.7 Å². The van der Waals surface area contributed by atoms with Crippen molar-refractivity contribution in [2.45, 2.75) is 6.92 Å². The first-order chi connectivity index (χ1) is 12.0. The van der Waals surface area contributed by atoms with E-state index in [-0.39, 0.29) is 5.56 Å². The first kappa shape index (κ1) is 16.4. The summed E-state index contributed by atoms with van der Waals surface area (Å²) in [5.41, 5.74) is 4.73. The number of aromatic amines is 1. The van der Waals surface area contributed by atoms with Crippen LogP contribution in [0.25, 0.3) is 28.1 Å². The number of aryl methyl sites for hydroxylation is 1. The quantitative estimate of drug-likeness (QED) is 0.432. The number of nitrogens with one attached hydrogen (secondary N) is 1. The summed E-state index contributed by atoms with van der Waals surface area (Å²) in [5.74, 6) is 0. The average molecular weight is 462 g/mol. The van der Waals surface area contributed by atoms with Crippen LogP contribution < -0.4 is 5.56 Å². The second-order valence-electron chi connectivity index (χ2n) is 5.75. The van der Waals surface area contributed by atoms with E-state index >= 15 is 0 Å². The third-order valence-electron chi connectivity index (χ3n) is 4.13. The number of aromatic nitrogens is 3. The highest BCUT2D eigenvalue weighted by molar-refractivity contribution is 14.1. The molecule has 1 N–H and O–H groups in total. The summed E-state index contributed by atoms with van der Waals surface area (Å²) in [6, 6.07) is 15.3. The molecule has 0 aliphatic carbocycles. The van der Waals surface area contributed by atoms with E-state index in [2.05, 4.69) is 32.7 Å². The highest BCUT2D eigenvalue weighted by Crippen LogP contribution is 2.33. The van der Waals surface area contributed by atoms with Gasteiger partial charge in [-0.3, -0.25) is 4.79 Å². The number of rotatable bonds is 2. The van der Waals surface area contributed by atoms with Gasteiger partial charge in [-0.25, -0.2) is 0 Å². The molecule has 2 aliphatic heterocycles. The largest absolute Gasteiger partial charge is 0.364 e. The molecule has 0 fully saturated rings. The van der Waals surface area contributed by atoms with E-state index < -0.39 is 0 Å². The molecule has 25 heavy (non-hydrogen) atoms. The predicted octanol–water partition coefficient (Wildman–Crippen LogP) is 4.90. The zero-order valence-electron chi connectivity index (χ0n) is 13.3. The van der Waals surface area contributed by atoms with Crippen LogP contribution in [0.1, 0.15) is 5.69 Å². The monoisotopic (exact) mass is 461 g/mol. The smallest absolute Gasteiger partial charge is 0.282 e. The Hall–Kier alpha value is -2.12. The summed E-state index contributed by atoms with van der Waals surface area (Å²) < 4.78 is 2.58. The van der Waals surface area contributed by atoms with Gasteiger partial charge in [0.25, 0.3) is 5.56 Å². The Balaban J connectivity index is 1.97. The molecular formula is C19H13ClIN3O. The molecular weight excluding hydrogens is 449 g/mol. The van der Waals surface area contributed by atoms with Gasteiger partial charge >= 0.3 is 0 Å². The topological polar surface area (TPSA) is 50.7 Å². The van der Waals surface area contributed by atoms with Crippen LogP contribution >= 0.6 is 34.2 Å². The molecule has 0 spiro atoms. The molecule has 6 heteroatoms. The molecule has 2 aliphatic rings. The van der Waals surface area contributed by atoms with Crippen molar-refractivity contribution < 1.29 is 0 Å². The summed E-state index contributed by atoms with van der Waals surface area (Å²) in [6.45, 7) is 1.98. The van der Waals surface area contributed by atoms with Crippen LogP contribution in [-0.4, -0.2) is 14.8 Å². The van der Waals surface area contributed by atoms with Gasteiger partial charge < -0.3 is 4.98 Å². The molecule has 2 aromatic carbocycles. The van der Waals surface area contributed by atoms with Gasteiger partial charge in [0, 0.05) is 26.0 Å². The first-order valence-corrected chi connectivity index (χ1v) is 9.13. The highest BCUT2D eigenvalue weighted by atomic mass is 127. The van der Waals surface area contributed by atoms with Gasteiger partial charge in [0.05, 0.1) is 11.3 Å². The Morgan fingerprint density at radius 3 is 2.44 bits per heavy atom. The number of fused-ring (bicyclic) bond motifs is 1. The summed E-state index contributed by atoms with van der Waals surface area (Å²) in [4.78, 5) is 16.0. The molecule has 124 valence electrons. The first-order valence-electron chi connectivity index (χ1n) is 7.67. The maximum atomic E-state index is 12.8. The van der Waals surface area contributed by atoms with Gasteiger partial charge in [-0.15, -0.1) is 0 Å². The molecule has 0 atom stereocenters. The number of halogens is 2. The maximum absolute atomic E-state index is 12.8. The van der Waals surface area contributed by atoms with Crippen LogP contribution in [0.4, 0.5) is 0 Å². The molecule has 0 unspecified atom stereocenters. The summed E-state index contributed by atoms with van der Waals surface area (Å²) >= 11 is 8.22. The van der Waals surface area contributed by atoms with Crippen molar-refractivity contribution in [3.63, 3.8) is 0 Å². The van der Waals surface area contributed by atoms with E-state index in [0.717, 1.165) is 20.4 Å². The van der Waals surface area contributed by atoms with Crippen molar-refractivity contribution >= 4 is 34.2 Å². The van der Waals surface area contributed by atoms with Crippen molar-refractivity contribution in [1.29, 1.82) is 0 Å². The number of H-pyrrole nitrogens is 1. The Bertz CT molecular complexity index is 1080. The zero-order chi connectivity index (χ0) is 17.6. The molecule has 4 nitrogen and oxygen atoms in total. The summed E-state index contributed by atoms with van der Waals surface area (Å²) in [7, 11) is 0. The van der Waals surface area contributed by atoms with Crippen LogP contribution in [0.3, 0.4) is 0 Å². The van der Waals surface area contributed by atoms with E-state index in [1.165, 1.54) is 4.68 Å².